The molecule has 0 aliphatic heterocycles. The number of aromatic hydroxyl groups is 1. The Labute approximate surface area is 222 Å². The van der Waals surface area contributed by atoms with E-state index in [0.29, 0.717) is 5.56 Å². The van der Waals surface area contributed by atoms with Gasteiger partial charge in [-0.05, 0) is 48.7 Å². The van der Waals surface area contributed by atoms with E-state index in [2.05, 4.69) is 0 Å². The molecule has 0 bridgehead atoms. The first-order valence-electron chi connectivity index (χ1n) is 12.0. The first kappa shape index (κ1) is 26.8. The van der Waals surface area contributed by atoms with E-state index < -0.39 is 21.0 Å². The minimum atomic E-state index is -4.29. The molecule has 0 saturated carbocycles. The number of ether oxygens (including phenoxy) is 1. The summed E-state index contributed by atoms with van der Waals surface area (Å²) in [6.07, 6.45) is 0.0542. The molecule has 8 nitrogen and oxygen atoms in total. The maximum atomic E-state index is 14.2. The standard InChI is InChI=1S/C29H28N2O6S/c1-22-15-17-26(18-16-22)38(35,36)30(27-12-6-7-13-28(27)31(33)34)25(19-24-11-5-8-14-29(24)32)21-37-20-23-9-3-2-4-10-23/h2-18,25,32H,19-21H2,1H3. The number of rotatable bonds is 11. The SMILES string of the molecule is Cc1ccc(S(=O)(=O)N(c2ccccc2[N+](=O)[O-])C(COCc2ccccc2)Cc2ccccc2O)cc1. The van der Waals surface area contributed by atoms with Gasteiger partial charge in [-0.2, -0.15) is 0 Å². The topological polar surface area (TPSA) is 110 Å². The first-order chi connectivity index (χ1) is 18.3. The molecule has 4 aromatic carbocycles. The van der Waals surface area contributed by atoms with Crippen LogP contribution in [0.25, 0.3) is 0 Å². The molecular formula is C29H28N2O6S. The van der Waals surface area contributed by atoms with Crippen LogP contribution in [-0.2, 0) is 27.8 Å². The summed E-state index contributed by atoms with van der Waals surface area (Å²) < 4.78 is 35.4. The molecule has 38 heavy (non-hydrogen) atoms. The highest BCUT2D eigenvalue weighted by molar-refractivity contribution is 7.92. The first-order valence-corrected chi connectivity index (χ1v) is 13.4. The van der Waals surface area contributed by atoms with Crippen molar-refractivity contribution in [2.75, 3.05) is 10.9 Å². The summed E-state index contributed by atoms with van der Waals surface area (Å²) in [4.78, 5) is 11.4. The van der Waals surface area contributed by atoms with E-state index in [9.17, 15) is 23.6 Å². The number of phenolic OH excluding ortho intramolecular Hbond substituents is 1. The Hall–Kier alpha value is -4.21. The number of hydrogen-bond acceptors (Lipinski definition) is 6. The molecule has 0 amide bonds. The van der Waals surface area contributed by atoms with Crippen molar-refractivity contribution < 1.29 is 23.2 Å². The zero-order chi connectivity index (χ0) is 27.1. The van der Waals surface area contributed by atoms with E-state index in [0.717, 1.165) is 15.4 Å². The fourth-order valence-electron chi connectivity index (χ4n) is 4.19. The molecule has 0 heterocycles. The van der Waals surface area contributed by atoms with Crippen molar-refractivity contribution in [2.45, 2.75) is 30.9 Å². The molecule has 0 saturated heterocycles. The number of sulfonamides is 1. The fraction of sp³-hybridized carbons (Fsp3) is 0.172. The summed E-state index contributed by atoms with van der Waals surface area (Å²) in [5.74, 6) is -0.00388. The van der Waals surface area contributed by atoms with Crippen molar-refractivity contribution in [2.24, 2.45) is 0 Å². The number of nitro benzene ring substituents is 1. The van der Waals surface area contributed by atoms with Gasteiger partial charge in [0.2, 0.25) is 0 Å². The third-order valence-electron chi connectivity index (χ3n) is 6.09. The van der Waals surface area contributed by atoms with Crippen LogP contribution in [0.1, 0.15) is 16.7 Å². The molecule has 0 radical (unpaired) electrons. The molecule has 0 fully saturated rings. The number of hydrogen-bond donors (Lipinski definition) is 1. The van der Waals surface area contributed by atoms with Crippen molar-refractivity contribution in [1.82, 2.24) is 0 Å². The third-order valence-corrected chi connectivity index (χ3v) is 7.97. The van der Waals surface area contributed by atoms with E-state index >= 15 is 0 Å². The molecule has 0 aromatic heterocycles. The van der Waals surface area contributed by atoms with Crippen LogP contribution in [0.2, 0.25) is 0 Å². The van der Waals surface area contributed by atoms with Crippen molar-refractivity contribution in [3.05, 3.63) is 130 Å². The van der Waals surface area contributed by atoms with Gasteiger partial charge in [0.1, 0.15) is 11.4 Å². The fourth-order valence-corrected chi connectivity index (χ4v) is 5.83. The Kier molecular flexibility index (Phi) is 8.40. The van der Waals surface area contributed by atoms with Crippen LogP contribution in [0.3, 0.4) is 0 Å². The highest BCUT2D eigenvalue weighted by atomic mass is 32.2. The lowest BCUT2D eigenvalue weighted by molar-refractivity contribution is -0.384. The van der Waals surface area contributed by atoms with Crippen LogP contribution in [-0.4, -0.2) is 31.1 Å². The number of anilines is 1. The second-order valence-corrected chi connectivity index (χ2v) is 10.7. The lowest BCUT2D eigenvalue weighted by Crippen LogP contribution is -2.45. The monoisotopic (exact) mass is 532 g/mol. The number of nitro groups is 1. The van der Waals surface area contributed by atoms with Gasteiger partial charge in [-0.15, -0.1) is 0 Å². The second-order valence-electron chi connectivity index (χ2n) is 8.85. The normalized spacial score (nSPS) is 12.1. The minimum absolute atomic E-state index is 0.00388. The molecule has 4 rings (SSSR count). The average molecular weight is 533 g/mol. The maximum absolute atomic E-state index is 14.2. The van der Waals surface area contributed by atoms with E-state index in [4.69, 9.17) is 4.74 Å². The number of nitrogens with zero attached hydrogens (tertiary/aromatic N) is 2. The van der Waals surface area contributed by atoms with Gasteiger partial charge in [0.15, 0.2) is 0 Å². The zero-order valence-corrected chi connectivity index (χ0v) is 21.6. The Morgan fingerprint density at radius 1 is 0.895 bits per heavy atom. The minimum Gasteiger partial charge on any atom is -0.508 e. The van der Waals surface area contributed by atoms with Crippen molar-refractivity contribution >= 4 is 21.4 Å². The number of benzene rings is 4. The zero-order valence-electron chi connectivity index (χ0n) is 20.8. The van der Waals surface area contributed by atoms with Crippen LogP contribution in [0, 0.1) is 17.0 Å². The second kappa shape index (κ2) is 11.9. The van der Waals surface area contributed by atoms with Crippen molar-refractivity contribution in [3.8, 4) is 5.75 Å². The van der Waals surface area contributed by atoms with Crippen LogP contribution in [0.4, 0.5) is 11.4 Å². The largest absolute Gasteiger partial charge is 0.508 e. The molecule has 196 valence electrons. The molecule has 0 aliphatic rings. The summed E-state index contributed by atoms with van der Waals surface area (Å²) in [5, 5.41) is 22.5. The molecular weight excluding hydrogens is 504 g/mol. The van der Waals surface area contributed by atoms with Gasteiger partial charge < -0.3 is 9.84 Å². The molecule has 1 unspecified atom stereocenters. The van der Waals surface area contributed by atoms with Crippen LogP contribution in [0.5, 0.6) is 5.75 Å². The van der Waals surface area contributed by atoms with Crippen molar-refractivity contribution in [1.29, 1.82) is 0 Å². The summed E-state index contributed by atoms with van der Waals surface area (Å²) in [6.45, 7) is 1.97. The summed E-state index contributed by atoms with van der Waals surface area (Å²) in [6, 6.07) is 27.2. The maximum Gasteiger partial charge on any atom is 0.293 e. The Balaban J connectivity index is 1.83. The quantitative estimate of drug-likeness (QED) is 0.198. The molecule has 1 atom stereocenters. The van der Waals surface area contributed by atoms with E-state index in [1.807, 2.05) is 37.3 Å². The lowest BCUT2D eigenvalue weighted by atomic mass is 10.0. The Morgan fingerprint density at radius 3 is 2.21 bits per heavy atom. The third kappa shape index (κ3) is 6.19. The summed E-state index contributed by atoms with van der Waals surface area (Å²) >= 11 is 0. The molecule has 0 aliphatic carbocycles. The van der Waals surface area contributed by atoms with Crippen molar-refractivity contribution in [3.63, 3.8) is 0 Å². The van der Waals surface area contributed by atoms with Gasteiger partial charge in [0.25, 0.3) is 15.7 Å². The number of para-hydroxylation sites is 3. The predicted molar refractivity (Wildman–Crippen MR) is 146 cm³/mol. The van der Waals surface area contributed by atoms with E-state index in [-0.39, 0.29) is 41.7 Å². The lowest BCUT2D eigenvalue weighted by Gasteiger charge is -2.32. The smallest absolute Gasteiger partial charge is 0.293 e. The summed E-state index contributed by atoms with van der Waals surface area (Å²) in [5.41, 5.74) is 1.82. The van der Waals surface area contributed by atoms with Gasteiger partial charge >= 0.3 is 0 Å². The van der Waals surface area contributed by atoms with Gasteiger partial charge in [0.05, 0.1) is 29.1 Å². The van der Waals surface area contributed by atoms with Gasteiger partial charge in [-0.25, -0.2) is 8.42 Å². The number of aryl methyl sites for hydroxylation is 1. The van der Waals surface area contributed by atoms with E-state index in [1.54, 1.807) is 36.4 Å². The van der Waals surface area contributed by atoms with Crippen LogP contribution >= 0.6 is 0 Å². The van der Waals surface area contributed by atoms with E-state index in [1.165, 1.54) is 36.4 Å². The highest BCUT2D eigenvalue weighted by Crippen LogP contribution is 2.35. The van der Waals surface area contributed by atoms with Crippen LogP contribution in [0.15, 0.2) is 108 Å². The number of phenols is 1. The Morgan fingerprint density at radius 2 is 1.53 bits per heavy atom. The van der Waals surface area contributed by atoms with Gasteiger partial charge in [-0.3, -0.25) is 14.4 Å². The average Bonchev–Trinajstić information content (AvgIpc) is 2.91. The van der Waals surface area contributed by atoms with Gasteiger partial charge in [0, 0.05) is 6.07 Å². The highest BCUT2D eigenvalue weighted by Gasteiger charge is 2.36. The van der Waals surface area contributed by atoms with Crippen LogP contribution < -0.4 is 4.31 Å². The molecule has 4 aromatic rings. The molecule has 9 heteroatoms. The predicted octanol–water partition coefficient (Wildman–Crippen LogP) is 5.63. The molecule has 0 spiro atoms. The Bertz CT molecular complexity index is 1490. The molecule has 1 N–H and O–H groups in total. The summed E-state index contributed by atoms with van der Waals surface area (Å²) in [7, 11) is -4.29. The van der Waals surface area contributed by atoms with Gasteiger partial charge in [-0.1, -0.05) is 78.4 Å².